The number of carbonyl (C=O) groups is 1. The molecule has 0 saturated carbocycles. The fraction of sp³-hybridized carbons (Fsp3) is 0.409. The van der Waals surface area contributed by atoms with Gasteiger partial charge in [-0.3, -0.25) is 9.00 Å². The minimum Gasteiger partial charge on any atom is -0.478 e. The maximum Gasteiger partial charge on any atom is 0.422 e. The predicted molar refractivity (Wildman–Crippen MR) is 127 cm³/mol. The van der Waals surface area contributed by atoms with E-state index in [1.165, 1.54) is 23.7 Å². The van der Waals surface area contributed by atoms with Crippen molar-refractivity contribution in [2.75, 3.05) is 18.6 Å². The second kappa shape index (κ2) is 10.6. The average molecular weight is 551 g/mol. The second-order valence-electron chi connectivity index (χ2n) is 8.57. The van der Waals surface area contributed by atoms with E-state index < -0.39 is 52.5 Å². The Morgan fingerprint density at radius 1 is 1.25 bits per heavy atom. The van der Waals surface area contributed by atoms with Crippen molar-refractivity contribution < 1.29 is 36.0 Å². The van der Waals surface area contributed by atoms with Crippen LogP contribution >= 0.6 is 11.6 Å². The molecule has 2 aromatic heterocycles. The van der Waals surface area contributed by atoms with Gasteiger partial charge in [-0.05, 0) is 32.4 Å². The van der Waals surface area contributed by atoms with Crippen molar-refractivity contribution in [3.63, 3.8) is 0 Å². The highest BCUT2D eigenvalue weighted by molar-refractivity contribution is 7.84. The number of carbonyl (C=O) groups excluding carboxylic acids is 1. The highest BCUT2D eigenvalue weighted by atomic mass is 35.5. The van der Waals surface area contributed by atoms with Crippen LogP contribution in [0.3, 0.4) is 0 Å². The van der Waals surface area contributed by atoms with Crippen LogP contribution in [-0.4, -0.2) is 55.0 Å². The molecule has 3 rings (SSSR count). The first-order chi connectivity index (χ1) is 16.7. The standard InChI is InChI=1S/C22H23ClF4N4O4S/c1-21(2,7-8-36(4)33)30-19(32)18-29-13-5-6-14(16(24)17(13)31(18)3)35-20-15(9-12(23)10-28-20)34-11-22(25,26)27/h5-6,9-10H,7-8,11H2,1-4H3,(H,30,32). The Kier molecular flexibility index (Phi) is 8.13. The third-order valence-corrected chi connectivity index (χ3v) is 5.98. The van der Waals surface area contributed by atoms with Crippen LogP contribution in [0.25, 0.3) is 11.0 Å². The summed E-state index contributed by atoms with van der Waals surface area (Å²) in [4.78, 5) is 20.9. The van der Waals surface area contributed by atoms with Gasteiger partial charge in [-0.15, -0.1) is 0 Å². The Labute approximate surface area is 211 Å². The molecule has 3 aromatic rings. The number of ether oxygens (including phenoxy) is 2. The summed E-state index contributed by atoms with van der Waals surface area (Å²) in [5, 5.41) is 2.79. The molecule has 0 fully saturated rings. The van der Waals surface area contributed by atoms with Crippen molar-refractivity contribution in [3.05, 3.63) is 41.1 Å². The smallest absolute Gasteiger partial charge is 0.422 e. The molecule has 1 N–H and O–H groups in total. The van der Waals surface area contributed by atoms with Gasteiger partial charge in [-0.2, -0.15) is 13.2 Å². The molecule has 8 nitrogen and oxygen atoms in total. The van der Waals surface area contributed by atoms with E-state index in [9.17, 15) is 22.2 Å². The van der Waals surface area contributed by atoms with E-state index in [1.807, 2.05) is 0 Å². The molecule has 0 saturated heterocycles. The molecule has 1 atom stereocenters. The summed E-state index contributed by atoms with van der Waals surface area (Å²) in [6, 6.07) is 3.66. The maximum absolute atomic E-state index is 15.4. The molecule has 0 aliphatic carbocycles. The zero-order valence-electron chi connectivity index (χ0n) is 19.7. The van der Waals surface area contributed by atoms with Gasteiger partial charge in [-0.1, -0.05) is 11.6 Å². The van der Waals surface area contributed by atoms with Crippen LogP contribution in [0.15, 0.2) is 24.4 Å². The molecule has 0 spiro atoms. The van der Waals surface area contributed by atoms with Crippen molar-refractivity contribution in [2.24, 2.45) is 7.05 Å². The van der Waals surface area contributed by atoms with Gasteiger partial charge in [-0.25, -0.2) is 14.4 Å². The molecule has 2 heterocycles. The fourth-order valence-electron chi connectivity index (χ4n) is 3.20. The third-order valence-electron chi connectivity index (χ3n) is 4.99. The Morgan fingerprint density at radius 2 is 1.94 bits per heavy atom. The Hall–Kier alpha value is -2.93. The predicted octanol–water partition coefficient (Wildman–Crippen LogP) is 4.77. The molecular weight excluding hydrogens is 528 g/mol. The SMILES string of the molecule is Cn1c(C(=O)NC(C)(C)CCS(C)=O)nc2ccc(Oc3ncc(Cl)cc3OCC(F)(F)F)c(F)c21. The molecule has 36 heavy (non-hydrogen) atoms. The molecule has 1 aromatic carbocycles. The summed E-state index contributed by atoms with van der Waals surface area (Å²) < 4.78 is 76.0. The molecule has 196 valence electrons. The van der Waals surface area contributed by atoms with Crippen LogP contribution in [0.2, 0.25) is 5.02 Å². The fourth-order valence-corrected chi connectivity index (χ4v) is 4.14. The lowest BCUT2D eigenvalue weighted by molar-refractivity contribution is -0.153. The number of hydrogen-bond donors (Lipinski definition) is 1. The molecule has 0 bridgehead atoms. The summed E-state index contributed by atoms with van der Waals surface area (Å²) in [7, 11) is 0.401. The van der Waals surface area contributed by atoms with E-state index >= 15 is 4.39 Å². The van der Waals surface area contributed by atoms with E-state index in [0.29, 0.717) is 12.2 Å². The topological polar surface area (TPSA) is 95.3 Å². The number of pyridine rings is 1. The lowest BCUT2D eigenvalue weighted by Crippen LogP contribution is -2.45. The number of rotatable bonds is 9. The number of hydrogen-bond acceptors (Lipinski definition) is 6. The van der Waals surface area contributed by atoms with Crippen molar-refractivity contribution in [1.82, 2.24) is 19.9 Å². The Morgan fingerprint density at radius 3 is 2.58 bits per heavy atom. The largest absolute Gasteiger partial charge is 0.478 e. The van der Waals surface area contributed by atoms with Crippen molar-refractivity contribution in [3.8, 4) is 17.4 Å². The van der Waals surface area contributed by atoms with Gasteiger partial charge in [0, 0.05) is 47.7 Å². The number of amides is 1. The Balaban J connectivity index is 1.90. The summed E-state index contributed by atoms with van der Waals surface area (Å²) in [5.41, 5.74) is -0.616. The van der Waals surface area contributed by atoms with Crippen LogP contribution in [0.1, 0.15) is 30.9 Å². The highest BCUT2D eigenvalue weighted by Gasteiger charge is 2.30. The van der Waals surface area contributed by atoms with Crippen LogP contribution in [0, 0.1) is 5.82 Å². The lowest BCUT2D eigenvalue weighted by atomic mass is 10.0. The minimum atomic E-state index is -4.63. The van der Waals surface area contributed by atoms with Crippen LogP contribution in [-0.2, 0) is 17.8 Å². The zero-order chi connectivity index (χ0) is 26.8. The van der Waals surface area contributed by atoms with Gasteiger partial charge >= 0.3 is 6.18 Å². The molecule has 0 radical (unpaired) electrons. The first kappa shape index (κ1) is 27.7. The normalized spacial score (nSPS) is 13.0. The van der Waals surface area contributed by atoms with Crippen molar-refractivity contribution in [2.45, 2.75) is 32.0 Å². The van der Waals surface area contributed by atoms with Crippen LogP contribution < -0.4 is 14.8 Å². The summed E-state index contributed by atoms with van der Waals surface area (Å²) in [6.45, 7) is 1.91. The van der Waals surface area contributed by atoms with Gasteiger partial charge in [0.2, 0.25) is 0 Å². The van der Waals surface area contributed by atoms with Crippen molar-refractivity contribution >= 4 is 39.3 Å². The van der Waals surface area contributed by atoms with Crippen molar-refractivity contribution in [1.29, 1.82) is 0 Å². The number of aryl methyl sites for hydroxylation is 1. The Bertz CT molecular complexity index is 1310. The minimum absolute atomic E-state index is 0.00848. The highest BCUT2D eigenvalue weighted by Crippen LogP contribution is 2.35. The molecule has 0 aliphatic rings. The van der Waals surface area contributed by atoms with Gasteiger partial charge in [0.25, 0.3) is 11.8 Å². The van der Waals surface area contributed by atoms with Gasteiger partial charge in [0.05, 0.1) is 10.5 Å². The summed E-state index contributed by atoms with van der Waals surface area (Å²) in [5.74, 6) is -2.42. The van der Waals surface area contributed by atoms with Gasteiger partial charge in [0.1, 0.15) is 5.52 Å². The third kappa shape index (κ3) is 6.84. The average Bonchev–Trinajstić information content (AvgIpc) is 3.10. The number of nitrogens with zero attached hydrogens (tertiary/aromatic N) is 3. The van der Waals surface area contributed by atoms with E-state index in [2.05, 4.69) is 15.3 Å². The van der Waals surface area contributed by atoms with E-state index in [-0.39, 0.29) is 27.6 Å². The van der Waals surface area contributed by atoms with E-state index in [0.717, 1.165) is 12.3 Å². The number of halogens is 5. The summed E-state index contributed by atoms with van der Waals surface area (Å²) in [6.07, 6.45) is -1.50. The number of imidazole rings is 1. The van der Waals surface area contributed by atoms with E-state index in [4.69, 9.17) is 21.1 Å². The van der Waals surface area contributed by atoms with Crippen LogP contribution in [0.4, 0.5) is 17.6 Å². The monoisotopic (exact) mass is 550 g/mol. The molecular formula is C22H23ClF4N4O4S. The number of fused-ring (bicyclic) bond motifs is 1. The maximum atomic E-state index is 15.4. The molecule has 0 aliphatic heterocycles. The summed E-state index contributed by atoms with van der Waals surface area (Å²) >= 11 is 5.80. The van der Waals surface area contributed by atoms with E-state index in [1.54, 1.807) is 20.1 Å². The number of alkyl halides is 3. The number of aromatic nitrogens is 3. The van der Waals surface area contributed by atoms with Gasteiger partial charge in [0.15, 0.2) is 29.7 Å². The van der Waals surface area contributed by atoms with Gasteiger partial charge < -0.3 is 19.4 Å². The quantitative estimate of drug-likeness (QED) is 0.386. The van der Waals surface area contributed by atoms with Crippen LogP contribution in [0.5, 0.6) is 17.4 Å². The second-order valence-corrected chi connectivity index (χ2v) is 10.6. The molecule has 1 unspecified atom stereocenters. The zero-order valence-corrected chi connectivity index (χ0v) is 21.3. The molecule has 14 heteroatoms. The first-order valence-corrected chi connectivity index (χ1v) is 12.6. The number of benzene rings is 1. The molecule has 1 amide bonds. The lowest BCUT2D eigenvalue weighted by Gasteiger charge is -2.25. The first-order valence-electron chi connectivity index (χ1n) is 10.5. The number of nitrogens with one attached hydrogen (secondary N) is 1.